The van der Waals surface area contributed by atoms with Crippen LogP contribution >= 0.6 is 11.3 Å². The minimum atomic E-state index is -3.69. The van der Waals surface area contributed by atoms with Crippen molar-refractivity contribution in [3.05, 3.63) is 47.0 Å². The van der Waals surface area contributed by atoms with Crippen LogP contribution in [0.1, 0.15) is 30.4 Å². The second-order valence-corrected chi connectivity index (χ2v) is 11.0. The summed E-state index contributed by atoms with van der Waals surface area (Å²) in [4.78, 5) is 17.4. The normalized spacial score (nSPS) is 21.2. The first kappa shape index (κ1) is 20.4. The summed E-state index contributed by atoms with van der Waals surface area (Å²) in [5, 5.41) is 2.92. The van der Waals surface area contributed by atoms with Crippen molar-refractivity contribution in [1.82, 2.24) is 9.29 Å². The van der Waals surface area contributed by atoms with Gasteiger partial charge in [0.1, 0.15) is 5.75 Å². The first-order valence-electron chi connectivity index (χ1n) is 10.2. The van der Waals surface area contributed by atoms with Crippen LogP contribution in [0.25, 0.3) is 10.2 Å². The Morgan fingerprint density at radius 2 is 2.13 bits per heavy atom. The molecule has 3 aromatic rings. The van der Waals surface area contributed by atoms with E-state index in [4.69, 9.17) is 4.74 Å². The van der Waals surface area contributed by atoms with E-state index in [2.05, 4.69) is 10.3 Å². The van der Waals surface area contributed by atoms with Crippen LogP contribution in [0.3, 0.4) is 0 Å². The van der Waals surface area contributed by atoms with E-state index in [1.54, 1.807) is 35.9 Å². The Hall–Kier alpha value is -2.49. The molecule has 2 aliphatic rings. The number of benzene rings is 2. The van der Waals surface area contributed by atoms with Crippen LogP contribution in [0.15, 0.2) is 40.7 Å². The van der Waals surface area contributed by atoms with Gasteiger partial charge in [-0.3, -0.25) is 4.79 Å². The number of rotatable bonds is 4. The molecule has 3 heterocycles. The highest BCUT2D eigenvalue weighted by Gasteiger charge is 2.37. The van der Waals surface area contributed by atoms with Crippen LogP contribution in [0.5, 0.6) is 5.75 Å². The van der Waals surface area contributed by atoms with Gasteiger partial charge in [0.25, 0.3) is 0 Å². The van der Waals surface area contributed by atoms with Gasteiger partial charge in [-0.1, -0.05) is 6.92 Å². The molecule has 1 fully saturated rings. The van der Waals surface area contributed by atoms with Crippen LogP contribution in [0.4, 0.5) is 5.69 Å². The van der Waals surface area contributed by atoms with Crippen molar-refractivity contribution >= 4 is 43.2 Å². The van der Waals surface area contributed by atoms with Gasteiger partial charge in [0.15, 0.2) is 0 Å². The molecule has 9 heteroatoms. The maximum absolute atomic E-state index is 13.4. The highest BCUT2D eigenvalue weighted by atomic mass is 32.2. The summed E-state index contributed by atoms with van der Waals surface area (Å²) in [6, 6.07) is 9.16. The van der Waals surface area contributed by atoms with Crippen molar-refractivity contribution in [3.8, 4) is 5.75 Å². The molecular weight excluding hydrogens is 434 g/mol. The maximum atomic E-state index is 13.4. The number of anilines is 1. The van der Waals surface area contributed by atoms with Gasteiger partial charge in [-0.25, -0.2) is 13.4 Å². The zero-order valence-electron chi connectivity index (χ0n) is 17.3. The number of amides is 1. The molecule has 31 heavy (non-hydrogen) atoms. The number of hydrogen-bond donors (Lipinski definition) is 1. The van der Waals surface area contributed by atoms with Crippen LogP contribution in [0.2, 0.25) is 0 Å². The number of thiazole rings is 1. The molecule has 2 aliphatic heterocycles. The SMILES string of the molecule is Cc1cc2c(cc1S(=O)(=O)N1CC[C@@H](C(=O)Nc3ccc4scnc4c3)C1)C(C)CO2. The van der Waals surface area contributed by atoms with Crippen molar-refractivity contribution in [2.75, 3.05) is 25.0 Å². The van der Waals surface area contributed by atoms with Crippen LogP contribution < -0.4 is 10.1 Å². The molecule has 0 spiro atoms. The molecule has 7 nitrogen and oxygen atoms in total. The fourth-order valence-electron chi connectivity index (χ4n) is 4.25. The summed E-state index contributed by atoms with van der Waals surface area (Å²) in [6.45, 7) is 4.88. The number of ether oxygens (including phenoxy) is 1. The van der Waals surface area contributed by atoms with E-state index in [0.717, 1.165) is 21.5 Å². The van der Waals surface area contributed by atoms with Crippen molar-refractivity contribution in [2.45, 2.75) is 31.1 Å². The highest BCUT2D eigenvalue weighted by molar-refractivity contribution is 7.89. The van der Waals surface area contributed by atoms with Crippen molar-refractivity contribution in [2.24, 2.45) is 5.92 Å². The average Bonchev–Trinajstić information content (AvgIpc) is 3.47. The van der Waals surface area contributed by atoms with Crippen molar-refractivity contribution in [3.63, 3.8) is 0 Å². The van der Waals surface area contributed by atoms with Gasteiger partial charge in [-0.05, 0) is 49.2 Å². The number of sulfonamides is 1. The third-order valence-electron chi connectivity index (χ3n) is 6.06. The zero-order chi connectivity index (χ0) is 21.8. The Bertz CT molecular complexity index is 1290. The van der Waals surface area contributed by atoms with Gasteiger partial charge in [-0.2, -0.15) is 4.31 Å². The Labute approximate surface area is 185 Å². The van der Waals surface area contributed by atoms with E-state index in [-0.39, 0.29) is 18.4 Å². The fourth-order valence-corrected chi connectivity index (χ4v) is 6.65. The summed E-state index contributed by atoms with van der Waals surface area (Å²) in [5.74, 6) is 0.370. The molecule has 0 saturated carbocycles. The summed E-state index contributed by atoms with van der Waals surface area (Å²) in [6.07, 6.45) is 0.494. The molecule has 1 aromatic heterocycles. The van der Waals surface area contributed by atoms with E-state index < -0.39 is 15.9 Å². The van der Waals surface area contributed by atoms with Gasteiger partial charge >= 0.3 is 0 Å². The van der Waals surface area contributed by atoms with E-state index in [1.807, 2.05) is 25.1 Å². The Morgan fingerprint density at radius 1 is 1.29 bits per heavy atom. The minimum absolute atomic E-state index is 0.164. The molecule has 1 N–H and O–H groups in total. The Morgan fingerprint density at radius 3 is 2.97 bits per heavy atom. The lowest BCUT2D eigenvalue weighted by molar-refractivity contribution is -0.119. The molecule has 0 radical (unpaired) electrons. The molecule has 2 atom stereocenters. The molecule has 1 unspecified atom stereocenters. The smallest absolute Gasteiger partial charge is 0.243 e. The molecule has 162 valence electrons. The van der Waals surface area contributed by atoms with E-state index in [0.29, 0.717) is 35.7 Å². The van der Waals surface area contributed by atoms with Crippen LogP contribution in [-0.4, -0.2) is 43.3 Å². The summed E-state index contributed by atoms with van der Waals surface area (Å²) in [7, 11) is -3.69. The third-order valence-corrected chi connectivity index (χ3v) is 8.88. The Balaban J connectivity index is 1.32. The largest absolute Gasteiger partial charge is 0.493 e. The maximum Gasteiger partial charge on any atom is 0.243 e. The lowest BCUT2D eigenvalue weighted by Crippen LogP contribution is -2.32. The number of nitrogens with one attached hydrogen (secondary N) is 1. The molecular formula is C22H23N3O4S2. The lowest BCUT2D eigenvalue weighted by Gasteiger charge is -2.19. The third kappa shape index (κ3) is 3.60. The molecule has 0 aliphatic carbocycles. The van der Waals surface area contributed by atoms with E-state index in [9.17, 15) is 13.2 Å². The molecule has 1 amide bonds. The van der Waals surface area contributed by atoms with Crippen LogP contribution in [0, 0.1) is 12.8 Å². The fraction of sp³-hybridized carbons (Fsp3) is 0.364. The first-order chi connectivity index (χ1) is 14.8. The number of fused-ring (bicyclic) bond motifs is 2. The summed E-state index contributed by atoms with van der Waals surface area (Å²) >= 11 is 1.54. The van der Waals surface area contributed by atoms with Crippen molar-refractivity contribution in [1.29, 1.82) is 0 Å². The highest BCUT2D eigenvalue weighted by Crippen LogP contribution is 2.38. The number of carbonyl (C=O) groups excluding carboxylic acids is 1. The predicted molar refractivity (Wildman–Crippen MR) is 120 cm³/mol. The van der Waals surface area contributed by atoms with E-state index >= 15 is 0 Å². The first-order valence-corrected chi connectivity index (χ1v) is 12.6. The quantitative estimate of drug-likeness (QED) is 0.645. The van der Waals surface area contributed by atoms with E-state index in [1.165, 1.54) is 4.31 Å². The number of hydrogen-bond acceptors (Lipinski definition) is 6. The standard InChI is InChI=1S/C22H23N3O4S2/c1-13-7-19-17(14(2)11-29-19)9-21(13)31(27,28)25-6-5-15(10-25)22(26)24-16-3-4-20-18(8-16)23-12-30-20/h3-4,7-9,12,14-15H,5-6,10-11H2,1-2H3,(H,24,26)/t14?,15-/m1/s1. The van der Waals surface area contributed by atoms with Gasteiger partial charge in [0.05, 0.1) is 33.1 Å². The topological polar surface area (TPSA) is 88.6 Å². The van der Waals surface area contributed by atoms with Gasteiger partial charge in [0, 0.05) is 30.3 Å². The number of carbonyl (C=O) groups is 1. The molecule has 5 rings (SSSR count). The van der Waals surface area contributed by atoms with Gasteiger partial charge in [-0.15, -0.1) is 11.3 Å². The minimum Gasteiger partial charge on any atom is -0.493 e. The lowest BCUT2D eigenvalue weighted by atomic mass is 10.0. The van der Waals surface area contributed by atoms with Gasteiger partial charge < -0.3 is 10.1 Å². The molecule has 2 aromatic carbocycles. The number of nitrogens with zero attached hydrogens (tertiary/aromatic N) is 2. The zero-order valence-corrected chi connectivity index (χ0v) is 18.9. The second kappa shape index (κ2) is 7.58. The number of aromatic nitrogens is 1. The summed E-state index contributed by atoms with van der Waals surface area (Å²) < 4.78 is 34.8. The monoisotopic (exact) mass is 457 g/mol. The summed E-state index contributed by atoms with van der Waals surface area (Å²) in [5.41, 5.74) is 4.87. The van der Waals surface area contributed by atoms with Crippen LogP contribution in [-0.2, 0) is 14.8 Å². The van der Waals surface area contributed by atoms with Crippen molar-refractivity contribution < 1.29 is 17.9 Å². The average molecular weight is 458 g/mol. The Kier molecular flexibility index (Phi) is 4.99. The molecule has 0 bridgehead atoms. The van der Waals surface area contributed by atoms with Gasteiger partial charge in [0.2, 0.25) is 15.9 Å². The number of aryl methyl sites for hydroxylation is 1. The molecule has 1 saturated heterocycles. The second-order valence-electron chi connectivity index (χ2n) is 8.24. The predicted octanol–water partition coefficient (Wildman–Crippen LogP) is 3.75.